The van der Waals surface area contributed by atoms with Crippen molar-refractivity contribution in [3.05, 3.63) is 69.1 Å². The highest BCUT2D eigenvalue weighted by molar-refractivity contribution is 6.42. The highest BCUT2D eigenvalue weighted by Crippen LogP contribution is 2.35. The molecular formula is C27H29Cl2F3N4O2. The number of piperidine rings is 1. The van der Waals surface area contributed by atoms with Gasteiger partial charge in [0.2, 0.25) is 5.91 Å². The van der Waals surface area contributed by atoms with Gasteiger partial charge in [-0.1, -0.05) is 42.8 Å². The lowest BCUT2D eigenvalue weighted by Crippen LogP contribution is -2.48. The summed E-state index contributed by atoms with van der Waals surface area (Å²) >= 11 is 12.3. The summed E-state index contributed by atoms with van der Waals surface area (Å²) in [5.74, 6) is -0.0272. The molecule has 11 heteroatoms. The second-order valence-corrected chi connectivity index (χ2v) is 10.3. The number of imidazole rings is 1. The van der Waals surface area contributed by atoms with E-state index in [1.54, 1.807) is 36.9 Å². The van der Waals surface area contributed by atoms with Crippen molar-refractivity contribution in [1.29, 1.82) is 0 Å². The van der Waals surface area contributed by atoms with Crippen molar-refractivity contribution in [3.63, 3.8) is 0 Å². The molecule has 0 saturated carbocycles. The number of rotatable bonds is 7. The fourth-order valence-electron chi connectivity index (χ4n) is 5.13. The molecule has 2 heterocycles. The second kappa shape index (κ2) is 11.2. The van der Waals surface area contributed by atoms with E-state index in [2.05, 4.69) is 11.5 Å². The first kappa shape index (κ1) is 28.3. The highest BCUT2D eigenvalue weighted by Gasteiger charge is 2.35. The van der Waals surface area contributed by atoms with E-state index in [0.717, 1.165) is 6.07 Å². The van der Waals surface area contributed by atoms with Crippen LogP contribution in [0.1, 0.15) is 38.7 Å². The summed E-state index contributed by atoms with van der Waals surface area (Å²) in [6, 6.07) is 8.87. The number of benzene rings is 2. The number of carbonyl (C=O) groups is 1. The Morgan fingerprint density at radius 2 is 1.79 bits per heavy atom. The molecule has 0 spiro atoms. The molecule has 0 N–H and O–H groups in total. The molecule has 0 bridgehead atoms. The first-order chi connectivity index (χ1) is 17.9. The number of carbonyl (C=O) groups excluding carboxylic acids is 1. The van der Waals surface area contributed by atoms with E-state index in [1.807, 2.05) is 0 Å². The maximum absolute atomic E-state index is 13.8. The summed E-state index contributed by atoms with van der Waals surface area (Å²) in [7, 11) is 0. The number of fused-ring (bicyclic) bond motifs is 1. The molecule has 204 valence electrons. The third kappa shape index (κ3) is 5.51. The predicted molar refractivity (Wildman–Crippen MR) is 146 cm³/mol. The van der Waals surface area contributed by atoms with Crippen LogP contribution in [-0.4, -0.2) is 45.6 Å². The molecular weight excluding hydrogens is 540 g/mol. The quantitative estimate of drug-likeness (QED) is 0.325. The van der Waals surface area contributed by atoms with Crippen molar-refractivity contribution in [2.45, 2.75) is 51.9 Å². The predicted octanol–water partition coefficient (Wildman–Crippen LogP) is 6.53. The largest absolute Gasteiger partial charge is 0.418 e. The van der Waals surface area contributed by atoms with Gasteiger partial charge in [0.1, 0.15) is 0 Å². The normalized spacial score (nSPS) is 15.2. The van der Waals surface area contributed by atoms with Crippen LogP contribution >= 0.6 is 23.2 Å². The molecule has 1 aliphatic heterocycles. The van der Waals surface area contributed by atoms with Gasteiger partial charge in [0.15, 0.2) is 0 Å². The van der Waals surface area contributed by atoms with Gasteiger partial charge < -0.3 is 9.80 Å². The van der Waals surface area contributed by atoms with Crippen LogP contribution in [0.25, 0.3) is 16.7 Å². The number of aromatic nitrogens is 2. The van der Waals surface area contributed by atoms with Crippen molar-refractivity contribution >= 4 is 51.5 Å². The standard InChI is InChI=1S/C27H29Cl2F3N4O2/c1-4-24(37)36(19-8-9-21(28)22(29)16-19)18-10-12-33(13-11-18)14-15-34-25-20(27(30,31)32)6-5-7-23(25)35(17(2)3)26(34)38/h5-9,16,18H,2,4,10-15H2,1,3H3. The van der Waals surface area contributed by atoms with E-state index in [1.165, 1.54) is 21.3 Å². The van der Waals surface area contributed by atoms with Crippen molar-refractivity contribution in [2.24, 2.45) is 0 Å². The van der Waals surface area contributed by atoms with Gasteiger partial charge in [-0.3, -0.25) is 13.9 Å². The van der Waals surface area contributed by atoms with Gasteiger partial charge in [0, 0.05) is 50.0 Å². The molecule has 0 unspecified atom stereocenters. The smallest absolute Gasteiger partial charge is 0.309 e. The Hall–Kier alpha value is -2.75. The molecule has 1 aromatic heterocycles. The van der Waals surface area contributed by atoms with Crippen LogP contribution in [-0.2, 0) is 17.5 Å². The zero-order chi connectivity index (χ0) is 27.8. The Balaban J connectivity index is 1.53. The SMILES string of the molecule is C=C(C)n1c(=O)n(CCN2CCC(N(C(=O)CC)c3ccc(Cl)c(Cl)c3)CC2)c2c(C(F)(F)F)cccc21. The number of allylic oxidation sites excluding steroid dienone is 1. The molecule has 4 rings (SSSR count). The summed E-state index contributed by atoms with van der Waals surface area (Å²) in [6.45, 7) is 8.91. The summed E-state index contributed by atoms with van der Waals surface area (Å²) in [4.78, 5) is 29.9. The minimum Gasteiger partial charge on any atom is -0.309 e. The molecule has 0 atom stereocenters. The average Bonchev–Trinajstić information content (AvgIpc) is 3.16. The van der Waals surface area contributed by atoms with Crippen LogP contribution in [0.15, 0.2) is 47.8 Å². The average molecular weight is 569 g/mol. The highest BCUT2D eigenvalue weighted by atomic mass is 35.5. The third-order valence-electron chi connectivity index (χ3n) is 6.95. The van der Waals surface area contributed by atoms with Crippen LogP contribution in [0.4, 0.5) is 18.9 Å². The van der Waals surface area contributed by atoms with Crippen LogP contribution in [0, 0.1) is 0 Å². The fraction of sp³-hybridized carbons (Fsp3) is 0.407. The molecule has 2 aromatic carbocycles. The maximum atomic E-state index is 13.8. The lowest BCUT2D eigenvalue weighted by atomic mass is 10.0. The lowest BCUT2D eigenvalue weighted by Gasteiger charge is -2.38. The minimum atomic E-state index is -4.60. The van der Waals surface area contributed by atoms with Crippen molar-refractivity contribution in [3.8, 4) is 0 Å². The Kier molecular flexibility index (Phi) is 8.30. The molecule has 1 amide bonds. The molecule has 1 aliphatic rings. The van der Waals surface area contributed by atoms with Crippen LogP contribution in [0.3, 0.4) is 0 Å². The molecule has 1 saturated heterocycles. The third-order valence-corrected chi connectivity index (χ3v) is 7.69. The zero-order valence-electron chi connectivity index (χ0n) is 21.2. The number of hydrogen-bond acceptors (Lipinski definition) is 3. The summed E-state index contributed by atoms with van der Waals surface area (Å²) in [5, 5.41) is 0.777. The molecule has 6 nitrogen and oxygen atoms in total. The van der Waals surface area contributed by atoms with Gasteiger partial charge in [-0.05, 0) is 50.1 Å². The Bertz CT molecular complexity index is 1420. The second-order valence-electron chi connectivity index (χ2n) is 9.46. The van der Waals surface area contributed by atoms with E-state index < -0.39 is 17.4 Å². The Morgan fingerprint density at radius 3 is 2.37 bits per heavy atom. The van der Waals surface area contributed by atoms with Gasteiger partial charge in [0.05, 0.1) is 26.6 Å². The molecule has 38 heavy (non-hydrogen) atoms. The monoisotopic (exact) mass is 568 g/mol. The summed E-state index contributed by atoms with van der Waals surface area (Å²) in [5.41, 5.74) is -0.307. The fourth-order valence-corrected chi connectivity index (χ4v) is 5.42. The van der Waals surface area contributed by atoms with E-state index >= 15 is 0 Å². The van der Waals surface area contributed by atoms with Gasteiger partial charge in [-0.2, -0.15) is 13.2 Å². The molecule has 3 aromatic rings. The van der Waals surface area contributed by atoms with Gasteiger partial charge in [-0.25, -0.2) is 4.79 Å². The number of para-hydroxylation sites is 1. The van der Waals surface area contributed by atoms with E-state index in [4.69, 9.17) is 23.2 Å². The summed E-state index contributed by atoms with van der Waals surface area (Å²) in [6.07, 6.45) is -2.94. The topological polar surface area (TPSA) is 50.5 Å². The first-order valence-corrected chi connectivity index (χ1v) is 13.2. The van der Waals surface area contributed by atoms with Crippen LogP contribution in [0.5, 0.6) is 0 Å². The van der Waals surface area contributed by atoms with E-state index in [-0.39, 0.29) is 29.5 Å². The number of halogens is 5. The van der Waals surface area contributed by atoms with E-state index in [9.17, 15) is 22.8 Å². The number of nitrogens with zero attached hydrogens (tertiary/aromatic N) is 4. The Labute approximate surface area is 228 Å². The molecule has 1 fully saturated rings. The van der Waals surface area contributed by atoms with Crippen molar-refractivity contribution in [2.75, 3.05) is 24.5 Å². The summed E-state index contributed by atoms with van der Waals surface area (Å²) < 4.78 is 43.9. The van der Waals surface area contributed by atoms with E-state index in [0.29, 0.717) is 60.3 Å². The number of likely N-dealkylation sites (tertiary alicyclic amines) is 1. The number of amides is 1. The Morgan fingerprint density at radius 1 is 1.11 bits per heavy atom. The first-order valence-electron chi connectivity index (χ1n) is 12.4. The van der Waals surface area contributed by atoms with Crippen molar-refractivity contribution in [1.82, 2.24) is 14.0 Å². The van der Waals surface area contributed by atoms with Crippen molar-refractivity contribution < 1.29 is 18.0 Å². The number of hydrogen-bond donors (Lipinski definition) is 0. The number of alkyl halides is 3. The van der Waals surface area contributed by atoms with Crippen LogP contribution in [0.2, 0.25) is 10.0 Å². The van der Waals surface area contributed by atoms with Crippen LogP contribution < -0.4 is 10.6 Å². The zero-order valence-corrected chi connectivity index (χ0v) is 22.7. The lowest BCUT2D eigenvalue weighted by molar-refractivity contribution is -0.136. The maximum Gasteiger partial charge on any atom is 0.418 e. The van der Waals surface area contributed by atoms with Gasteiger partial charge in [-0.15, -0.1) is 0 Å². The van der Waals surface area contributed by atoms with Gasteiger partial charge >= 0.3 is 11.9 Å². The minimum absolute atomic E-state index is 0.0272. The van der Waals surface area contributed by atoms with Gasteiger partial charge in [0.25, 0.3) is 0 Å². The number of anilines is 1. The molecule has 0 aliphatic carbocycles. The molecule has 0 radical (unpaired) electrons.